The highest BCUT2D eigenvalue weighted by atomic mass is 16.6. The minimum absolute atomic E-state index is 0.000911. The minimum Gasteiger partial charge on any atom is -0.480 e. The van der Waals surface area contributed by atoms with E-state index in [-0.39, 0.29) is 18.1 Å². The maximum absolute atomic E-state index is 14.1. The molecule has 57 heavy (non-hydrogen) atoms. The third-order valence-electron chi connectivity index (χ3n) is 11.1. The molecule has 302 valence electrons. The van der Waals surface area contributed by atoms with E-state index in [0.717, 1.165) is 57.5 Å². The first-order chi connectivity index (χ1) is 27.0. The number of aliphatic carboxylic acids is 1. The quantitative estimate of drug-likeness (QED) is 0.116. The Morgan fingerprint density at radius 3 is 2.51 bits per heavy atom. The molecule has 6 rings (SSSR count). The number of aromatic nitrogens is 3. The molecule has 1 aliphatic heterocycles. The first-order valence-electron chi connectivity index (χ1n) is 19.9. The number of hydrogen-bond donors (Lipinski definition) is 4. The number of nitrogens with two attached hydrogens (primary N) is 1. The van der Waals surface area contributed by atoms with Gasteiger partial charge in [-0.15, -0.1) is 0 Å². The summed E-state index contributed by atoms with van der Waals surface area (Å²) in [6, 6.07) is 10.8. The van der Waals surface area contributed by atoms with Gasteiger partial charge in [0.15, 0.2) is 11.7 Å². The topological polar surface area (TPSA) is 200 Å². The molecule has 0 radical (unpaired) electrons. The fourth-order valence-electron chi connectivity index (χ4n) is 8.05. The highest BCUT2D eigenvalue weighted by molar-refractivity contribution is 6.20. The van der Waals surface area contributed by atoms with Crippen molar-refractivity contribution in [1.82, 2.24) is 24.8 Å². The van der Waals surface area contributed by atoms with Crippen molar-refractivity contribution in [2.75, 3.05) is 36.8 Å². The number of fused-ring (bicyclic) bond motifs is 4. The summed E-state index contributed by atoms with van der Waals surface area (Å²) in [5.74, 6) is -0.667. The van der Waals surface area contributed by atoms with Crippen molar-refractivity contribution in [3.63, 3.8) is 0 Å². The smallest absolute Gasteiger partial charge is 0.408 e. The van der Waals surface area contributed by atoms with Crippen LogP contribution in [0.3, 0.4) is 0 Å². The van der Waals surface area contributed by atoms with Crippen LogP contribution in [0.5, 0.6) is 0 Å². The minimum atomic E-state index is -1.14. The molecular weight excluding hydrogens is 725 g/mol. The van der Waals surface area contributed by atoms with Crippen molar-refractivity contribution in [2.45, 2.75) is 110 Å². The summed E-state index contributed by atoms with van der Waals surface area (Å²) in [5.41, 5.74) is 12.5. The lowest BCUT2D eigenvalue weighted by atomic mass is 9.70. The van der Waals surface area contributed by atoms with Crippen LogP contribution < -0.4 is 16.0 Å². The van der Waals surface area contributed by atoms with Crippen LogP contribution in [-0.2, 0) is 39.1 Å². The number of nitriles is 1. The average molecular weight is 779 g/mol. The number of H-pyrrole nitrogens is 1. The van der Waals surface area contributed by atoms with E-state index in [4.69, 9.17) is 10.5 Å². The Morgan fingerprint density at radius 2 is 1.84 bits per heavy atom. The zero-order valence-electron chi connectivity index (χ0n) is 33.8. The standard InChI is InChI=1S/C43H54N8O6/c1-7-27-22-30-31(43(5,6)38-36(37(30)53)29-15-14-26(24-44)21-33(29)47-38)23-34(27)49-17-19-50(20-18-49)35(52)13-9-8-11-28-25-51(40(45)46-28)16-10-12-32(39(54)55)48-41(56)57-42(2,3)4/h14-15,21-23,25,32,47H,7-13,16-20H2,1-6H3,(H2,45,46)(H,48,56)(H,54,55)/t32-/m0/s1. The molecule has 0 saturated carbocycles. The number of piperazine rings is 1. The molecule has 4 aromatic rings. The van der Waals surface area contributed by atoms with E-state index >= 15 is 0 Å². The molecule has 2 aromatic heterocycles. The lowest BCUT2D eigenvalue weighted by Gasteiger charge is -2.39. The number of amides is 2. The Labute approximate surface area is 333 Å². The molecule has 0 unspecified atom stereocenters. The summed E-state index contributed by atoms with van der Waals surface area (Å²) in [6.07, 6.45) is 5.09. The number of ether oxygens (including phenoxy) is 1. The Hall–Kier alpha value is -5.84. The van der Waals surface area contributed by atoms with Crippen LogP contribution in [0.2, 0.25) is 0 Å². The second-order valence-corrected chi connectivity index (χ2v) is 16.6. The highest BCUT2D eigenvalue weighted by Gasteiger charge is 2.41. The molecule has 0 bridgehead atoms. The van der Waals surface area contributed by atoms with E-state index in [1.165, 1.54) is 0 Å². The first kappa shape index (κ1) is 40.8. The number of carboxylic acids is 1. The number of benzene rings is 2. The van der Waals surface area contributed by atoms with Gasteiger partial charge in [-0.2, -0.15) is 5.26 Å². The Morgan fingerprint density at radius 1 is 1.11 bits per heavy atom. The Kier molecular flexibility index (Phi) is 11.7. The van der Waals surface area contributed by atoms with Crippen LogP contribution in [0, 0.1) is 11.3 Å². The molecular formula is C43H54N8O6. The molecule has 1 aliphatic carbocycles. The van der Waals surface area contributed by atoms with E-state index < -0.39 is 29.1 Å². The van der Waals surface area contributed by atoms with Crippen LogP contribution >= 0.6 is 0 Å². The largest absolute Gasteiger partial charge is 0.480 e. The number of nitrogens with zero attached hydrogens (tertiary/aromatic N) is 5. The number of aromatic amines is 1. The van der Waals surface area contributed by atoms with Gasteiger partial charge < -0.3 is 40.2 Å². The molecule has 1 saturated heterocycles. The van der Waals surface area contributed by atoms with E-state index in [9.17, 15) is 29.5 Å². The molecule has 5 N–H and O–H groups in total. The first-order valence-corrected chi connectivity index (χ1v) is 19.9. The van der Waals surface area contributed by atoms with Crippen LogP contribution in [0.15, 0.2) is 36.5 Å². The molecule has 0 spiro atoms. The number of unbranched alkanes of at least 4 members (excludes halogenated alkanes) is 1. The van der Waals surface area contributed by atoms with Gasteiger partial charge in [-0.25, -0.2) is 14.6 Å². The number of alkyl carbamates (subject to hydrolysis) is 1. The summed E-state index contributed by atoms with van der Waals surface area (Å²) in [5, 5.41) is 22.2. The second-order valence-electron chi connectivity index (χ2n) is 16.6. The van der Waals surface area contributed by atoms with Crippen LogP contribution in [0.1, 0.15) is 118 Å². The summed E-state index contributed by atoms with van der Waals surface area (Å²) in [4.78, 5) is 63.3. The van der Waals surface area contributed by atoms with Gasteiger partial charge in [0.2, 0.25) is 5.91 Å². The molecule has 2 aliphatic rings. The normalized spacial score (nSPS) is 15.5. The maximum atomic E-state index is 14.1. The van der Waals surface area contributed by atoms with Gasteiger partial charge in [0.05, 0.1) is 22.9 Å². The van der Waals surface area contributed by atoms with Crippen LogP contribution in [-0.4, -0.2) is 86.1 Å². The van der Waals surface area contributed by atoms with Gasteiger partial charge in [-0.3, -0.25) is 9.59 Å². The number of nitrogen functional groups attached to an aromatic ring is 1. The number of aryl methyl sites for hydroxylation is 3. The molecule has 1 fully saturated rings. The molecule has 3 heterocycles. The van der Waals surface area contributed by atoms with Gasteiger partial charge in [0, 0.05) is 78.6 Å². The predicted octanol–water partition coefficient (Wildman–Crippen LogP) is 6.07. The summed E-state index contributed by atoms with van der Waals surface area (Å²) in [6.45, 7) is 14.6. The number of nitrogens with one attached hydrogen (secondary N) is 2. The number of anilines is 2. The number of carboxylic acid groups (broad SMARTS) is 1. The lowest BCUT2D eigenvalue weighted by molar-refractivity contribution is -0.139. The van der Waals surface area contributed by atoms with Gasteiger partial charge in [0.25, 0.3) is 0 Å². The summed E-state index contributed by atoms with van der Waals surface area (Å²) >= 11 is 0. The van der Waals surface area contributed by atoms with Crippen molar-refractivity contribution in [1.29, 1.82) is 5.26 Å². The van der Waals surface area contributed by atoms with Crippen molar-refractivity contribution in [3.05, 3.63) is 75.7 Å². The Balaban J connectivity index is 0.994. The number of ketones is 1. The fraction of sp³-hybridized carbons (Fsp3) is 0.488. The van der Waals surface area contributed by atoms with Crippen molar-refractivity contribution in [3.8, 4) is 6.07 Å². The fourth-order valence-corrected chi connectivity index (χ4v) is 8.05. The van der Waals surface area contributed by atoms with Gasteiger partial charge in [-0.05, 0) is 94.7 Å². The average Bonchev–Trinajstić information content (AvgIpc) is 3.73. The third kappa shape index (κ3) is 8.77. The summed E-state index contributed by atoms with van der Waals surface area (Å²) in [7, 11) is 0. The third-order valence-corrected chi connectivity index (χ3v) is 11.1. The van der Waals surface area contributed by atoms with E-state index in [1.54, 1.807) is 37.5 Å². The zero-order chi connectivity index (χ0) is 41.2. The van der Waals surface area contributed by atoms with Gasteiger partial charge in [-0.1, -0.05) is 26.8 Å². The van der Waals surface area contributed by atoms with E-state index in [1.807, 2.05) is 17.2 Å². The SMILES string of the molecule is CCc1cc2c(cc1N1CCN(C(=O)CCCCc3cn(CCC[C@H](NC(=O)OC(C)(C)C)C(=O)O)c(N)n3)CC1)C(C)(C)c1[nH]c3cc(C#N)ccc3c1C2=O. The number of hydrogen-bond acceptors (Lipinski definition) is 9. The summed E-state index contributed by atoms with van der Waals surface area (Å²) < 4.78 is 6.96. The Bertz CT molecular complexity index is 2230. The van der Waals surface area contributed by atoms with Gasteiger partial charge >= 0.3 is 12.1 Å². The number of carbonyl (C=O) groups excluding carboxylic acids is 3. The molecule has 2 aromatic carbocycles. The molecule has 2 amide bonds. The van der Waals surface area contributed by atoms with Crippen molar-refractivity contribution < 1.29 is 29.0 Å². The monoisotopic (exact) mass is 778 g/mol. The predicted molar refractivity (Wildman–Crippen MR) is 217 cm³/mol. The molecule has 14 heteroatoms. The molecule has 14 nitrogen and oxygen atoms in total. The van der Waals surface area contributed by atoms with Crippen LogP contribution in [0.4, 0.5) is 16.4 Å². The van der Waals surface area contributed by atoms with Crippen molar-refractivity contribution in [2.24, 2.45) is 0 Å². The maximum Gasteiger partial charge on any atom is 0.408 e. The number of imidazole rings is 1. The van der Waals surface area contributed by atoms with Crippen molar-refractivity contribution >= 4 is 46.3 Å². The second kappa shape index (κ2) is 16.3. The van der Waals surface area contributed by atoms with Crippen LogP contribution in [0.25, 0.3) is 10.9 Å². The van der Waals surface area contributed by atoms with E-state index in [2.05, 4.69) is 59.2 Å². The molecule has 1 atom stereocenters. The number of rotatable bonds is 13. The lowest BCUT2D eigenvalue weighted by Crippen LogP contribution is -2.49. The van der Waals surface area contributed by atoms with E-state index in [0.29, 0.717) is 75.5 Å². The van der Waals surface area contributed by atoms with Gasteiger partial charge in [0.1, 0.15) is 11.6 Å². The zero-order valence-corrected chi connectivity index (χ0v) is 33.8. The highest BCUT2D eigenvalue weighted by Crippen LogP contribution is 2.46. The number of carbonyl (C=O) groups is 4.